The Morgan fingerprint density at radius 1 is 1.19 bits per heavy atom. The molecule has 2 aliphatic heterocycles. The molecule has 2 amide bonds. The average Bonchev–Trinajstić information content (AvgIpc) is 2.92. The molecule has 2 saturated heterocycles. The Bertz CT molecular complexity index is 563. The average molecular weight is 289 g/mol. The van der Waals surface area contributed by atoms with Gasteiger partial charge in [-0.25, -0.2) is 4.79 Å². The number of rotatable bonds is 4. The van der Waals surface area contributed by atoms with Gasteiger partial charge in [-0.1, -0.05) is 30.3 Å². The van der Waals surface area contributed by atoms with Crippen LogP contribution in [0.25, 0.3) is 0 Å². The standard InChI is InChI=1S/C15H15NO5/c17-13-11-6-7-12(21-11)14(18)16(13)10(15(19)20)8-9-4-2-1-3-5-9/h1-5,10-12H,6-8H2,(H,19,20). The highest BCUT2D eigenvalue weighted by Gasteiger charge is 2.50. The molecule has 0 aliphatic carbocycles. The first kappa shape index (κ1) is 13.8. The van der Waals surface area contributed by atoms with Crippen LogP contribution >= 0.6 is 0 Å². The van der Waals surface area contributed by atoms with Crippen LogP contribution in [0.4, 0.5) is 0 Å². The summed E-state index contributed by atoms with van der Waals surface area (Å²) in [5.41, 5.74) is 0.768. The number of hydrogen-bond donors (Lipinski definition) is 1. The number of imide groups is 1. The molecule has 6 heteroatoms. The largest absolute Gasteiger partial charge is 0.480 e. The number of likely N-dealkylation sites (tertiary alicyclic amines) is 1. The van der Waals surface area contributed by atoms with Crippen LogP contribution in [0.1, 0.15) is 18.4 Å². The molecule has 2 heterocycles. The van der Waals surface area contributed by atoms with Gasteiger partial charge in [-0.3, -0.25) is 14.5 Å². The fourth-order valence-electron chi connectivity index (χ4n) is 2.85. The fourth-order valence-corrected chi connectivity index (χ4v) is 2.85. The van der Waals surface area contributed by atoms with E-state index in [0.29, 0.717) is 12.8 Å². The number of morpholine rings is 1. The van der Waals surface area contributed by atoms with E-state index in [2.05, 4.69) is 0 Å². The zero-order valence-electron chi connectivity index (χ0n) is 11.3. The van der Waals surface area contributed by atoms with Crippen molar-refractivity contribution < 1.29 is 24.2 Å². The minimum absolute atomic E-state index is 0.104. The minimum atomic E-state index is -1.18. The van der Waals surface area contributed by atoms with Crippen LogP contribution in [0.3, 0.4) is 0 Å². The van der Waals surface area contributed by atoms with E-state index in [-0.39, 0.29) is 6.42 Å². The number of benzene rings is 1. The molecule has 3 unspecified atom stereocenters. The fraction of sp³-hybridized carbons (Fsp3) is 0.400. The van der Waals surface area contributed by atoms with Gasteiger partial charge in [0.1, 0.15) is 18.2 Å². The van der Waals surface area contributed by atoms with Crippen molar-refractivity contribution in [1.29, 1.82) is 0 Å². The molecule has 1 aromatic rings. The predicted octanol–water partition coefficient (Wildman–Crippen LogP) is 0.599. The molecule has 21 heavy (non-hydrogen) atoms. The van der Waals surface area contributed by atoms with Crippen molar-refractivity contribution in [3.63, 3.8) is 0 Å². The second kappa shape index (κ2) is 5.29. The topological polar surface area (TPSA) is 83.9 Å². The molecule has 0 aromatic heterocycles. The lowest BCUT2D eigenvalue weighted by molar-refractivity contribution is -0.176. The highest BCUT2D eigenvalue weighted by Crippen LogP contribution is 2.30. The second-order valence-electron chi connectivity index (χ2n) is 5.28. The molecule has 6 nitrogen and oxygen atoms in total. The third-order valence-electron chi connectivity index (χ3n) is 3.91. The SMILES string of the molecule is O=C(O)C(Cc1ccccc1)N1C(=O)C2CCC(O2)C1=O. The maximum Gasteiger partial charge on any atom is 0.327 e. The minimum Gasteiger partial charge on any atom is -0.480 e. The van der Waals surface area contributed by atoms with E-state index in [4.69, 9.17) is 4.74 Å². The van der Waals surface area contributed by atoms with E-state index >= 15 is 0 Å². The van der Waals surface area contributed by atoms with Crippen molar-refractivity contribution in [2.24, 2.45) is 0 Å². The van der Waals surface area contributed by atoms with Gasteiger partial charge in [-0.05, 0) is 18.4 Å². The zero-order chi connectivity index (χ0) is 15.0. The molecule has 2 fully saturated rings. The third kappa shape index (κ3) is 2.42. The van der Waals surface area contributed by atoms with Crippen LogP contribution in [-0.2, 0) is 25.5 Å². The highest BCUT2D eigenvalue weighted by atomic mass is 16.5. The maximum atomic E-state index is 12.2. The van der Waals surface area contributed by atoms with Crippen LogP contribution in [0.15, 0.2) is 30.3 Å². The molecule has 2 aliphatic rings. The smallest absolute Gasteiger partial charge is 0.327 e. The van der Waals surface area contributed by atoms with Gasteiger partial charge < -0.3 is 9.84 Å². The van der Waals surface area contributed by atoms with Gasteiger partial charge >= 0.3 is 5.97 Å². The van der Waals surface area contributed by atoms with E-state index in [1.807, 2.05) is 6.07 Å². The van der Waals surface area contributed by atoms with Crippen LogP contribution < -0.4 is 0 Å². The number of carbonyl (C=O) groups is 3. The van der Waals surface area contributed by atoms with Crippen LogP contribution in [0, 0.1) is 0 Å². The second-order valence-corrected chi connectivity index (χ2v) is 5.28. The van der Waals surface area contributed by atoms with Crippen molar-refractivity contribution in [3.8, 4) is 0 Å². The van der Waals surface area contributed by atoms with Gasteiger partial charge in [-0.2, -0.15) is 0 Å². The third-order valence-corrected chi connectivity index (χ3v) is 3.91. The first-order chi connectivity index (χ1) is 10.1. The summed E-state index contributed by atoms with van der Waals surface area (Å²) in [5.74, 6) is -2.24. The zero-order valence-corrected chi connectivity index (χ0v) is 11.3. The molecule has 1 aromatic carbocycles. The van der Waals surface area contributed by atoms with E-state index in [9.17, 15) is 19.5 Å². The summed E-state index contributed by atoms with van der Waals surface area (Å²) in [6, 6.07) is 7.78. The Hall–Kier alpha value is -2.21. The molecule has 2 bridgehead atoms. The molecule has 0 saturated carbocycles. The number of hydrogen-bond acceptors (Lipinski definition) is 4. The van der Waals surface area contributed by atoms with Crippen LogP contribution in [0.5, 0.6) is 0 Å². The van der Waals surface area contributed by atoms with Crippen LogP contribution in [-0.4, -0.2) is 46.0 Å². The number of carboxylic acids is 1. The van der Waals surface area contributed by atoms with Crippen LogP contribution in [0.2, 0.25) is 0 Å². The van der Waals surface area contributed by atoms with Crippen molar-refractivity contribution in [2.75, 3.05) is 0 Å². The number of fused-ring (bicyclic) bond motifs is 2. The summed E-state index contributed by atoms with van der Waals surface area (Å²) < 4.78 is 5.30. The normalized spacial score (nSPS) is 26.0. The van der Waals surface area contributed by atoms with E-state index < -0.39 is 36.0 Å². The molecular weight excluding hydrogens is 274 g/mol. The molecular formula is C15H15NO5. The maximum absolute atomic E-state index is 12.2. The summed E-state index contributed by atoms with van der Waals surface area (Å²) in [6.45, 7) is 0. The Kier molecular flexibility index (Phi) is 3.47. The number of nitrogens with zero attached hydrogens (tertiary/aromatic N) is 1. The highest BCUT2D eigenvalue weighted by molar-refractivity contribution is 6.05. The number of ether oxygens (including phenoxy) is 1. The van der Waals surface area contributed by atoms with Gasteiger partial charge in [0.2, 0.25) is 0 Å². The summed E-state index contributed by atoms with van der Waals surface area (Å²) in [7, 11) is 0. The lowest BCUT2D eigenvalue weighted by Gasteiger charge is -2.34. The number of carbonyl (C=O) groups excluding carboxylic acids is 2. The Morgan fingerprint density at radius 3 is 2.29 bits per heavy atom. The van der Waals surface area contributed by atoms with Gasteiger partial charge in [-0.15, -0.1) is 0 Å². The summed E-state index contributed by atoms with van der Waals surface area (Å²) in [4.78, 5) is 36.9. The van der Waals surface area contributed by atoms with E-state index in [0.717, 1.165) is 10.5 Å². The first-order valence-corrected chi connectivity index (χ1v) is 6.87. The van der Waals surface area contributed by atoms with Gasteiger partial charge in [0.25, 0.3) is 11.8 Å². The van der Waals surface area contributed by atoms with Crippen molar-refractivity contribution in [1.82, 2.24) is 4.90 Å². The van der Waals surface area contributed by atoms with Gasteiger partial charge in [0.05, 0.1) is 0 Å². The summed E-state index contributed by atoms with van der Waals surface area (Å²) in [5, 5.41) is 9.43. The van der Waals surface area contributed by atoms with E-state index in [1.54, 1.807) is 24.3 Å². The quantitative estimate of drug-likeness (QED) is 0.821. The lowest BCUT2D eigenvalue weighted by Crippen LogP contribution is -2.58. The lowest BCUT2D eigenvalue weighted by atomic mass is 10.0. The monoisotopic (exact) mass is 289 g/mol. The molecule has 1 N–H and O–H groups in total. The Morgan fingerprint density at radius 2 is 1.76 bits per heavy atom. The van der Waals surface area contributed by atoms with Crippen molar-refractivity contribution in [2.45, 2.75) is 37.5 Å². The molecule has 0 radical (unpaired) electrons. The molecule has 3 rings (SSSR count). The summed E-state index contributed by atoms with van der Waals surface area (Å²) >= 11 is 0. The number of aliphatic carboxylic acids is 1. The van der Waals surface area contributed by atoms with Crippen molar-refractivity contribution >= 4 is 17.8 Å². The predicted molar refractivity (Wildman–Crippen MR) is 71.3 cm³/mol. The summed E-state index contributed by atoms with van der Waals surface area (Å²) in [6.07, 6.45) is -0.296. The Balaban J connectivity index is 1.88. The van der Waals surface area contributed by atoms with E-state index in [1.165, 1.54) is 0 Å². The molecule has 3 atom stereocenters. The molecule has 110 valence electrons. The number of amides is 2. The molecule has 0 spiro atoms. The first-order valence-electron chi connectivity index (χ1n) is 6.87. The Labute approximate surface area is 121 Å². The van der Waals surface area contributed by atoms with Gasteiger partial charge in [0.15, 0.2) is 0 Å². The number of carboxylic acid groups (broad SMARTS) is 1. The van der Waals surface area contributed by atoms with Crippen molar-refractivity contribution in [3.05, 3.63) is 35.9 Å². The van der Waals surface area contributed by atoms with Gasteiger partial charge in [0, 0.05) is 6.42 Å².